The largest absolute Gasteiger partial charge is 0.343 e. The lowest BCUT2D eigenvalue weighted by Gasteiger charge is -2.20. The summed E-state index contributed by atoms with van der Waals surface area (Å²) in [6.45, 7) is 3.16. The van der Waals surface area contributed by atoms with E-state index in [4.69, 9.17) is 0 Å². The van der Waals surface area contributed by atoms with Gasteiger partial charge in [-0.15, -0.1) is 22.6 Å². The monoisotopic (exact) mass is 324 g/mol. The molecular weight excluding hydrogens is 304 g/mol. The molecule has 1 N–H and O–H groups in total. The Morgan fingerprint density at radius 2 is 2.05 bits per heavy atom. The topological polar surface area (TPSA) is 75.9 Å². The van der Waals surface area contributed by atoms with Gasteiger partial charge in [0.1, 0.15) is 6.04 Å². The minimum absolute atomic E-state index is 0. The lowest BCUT2D eigenvalue weighted by molar-refractivity contribution is -0.133. The Hall–Kier alpha value is -1.99. The van der Waals surface area contributed by atoms with Gasteiger partial charge in [-0.1, -0.05) is 30.3 Å². The predicted octanol–water partition coefficient (Wildman–Crippen LogP) is 1.00. The first-order valence-corrected chi connectivity index (χ1v) is 6.88. The van der Waals surface area contributed by atoms with Crippen molar-refractivity contribution >= 4 is 18.3 Å². The molecule has 0 saturated heterocycles. The number of nitrogens with one attached hydrogen (secondary N) is 1. The van der Waals surface area contributed by atoms with Gasteiger partial charge in [-0.05, 0) is 19.2 Å². The zero-order valence-electron chi connectivity index (χ0n) is 12.9. The standard InChI is InChI=1S/C14H20N6O.ClH/c1-11(14(21)19(3)10-9-15-2)20-17-13(16-18-20)12-7-5-4-6-8-12;/h4-8,11,15H,9-10H2,1-3H3;1H. The molecule has 0 fully saturated rings. The zero-order valence-corrected chi connectivity index (χ0v) is 13.7. The normalized spacial score (nSPS) is 11.6. The number of hydrogen-bond acceptors (Lipinski definition) is 5. The molecule has 2 aromatic rings. The second-order valence-electron chi connectivity index (χ2n) is 4.84. The summed E-state index contributed by atoms with van der Waals surface area (Å²) in [6, 6.07) is 9.10. The lowest BCUT2D eigenvalue weighted by atomic mass is 10.2. The van der Waals surface area contributed by atoms with E-state index in [1.807, 2.05) is 37.4 Å². The number of tetrazole rings is 1. The maximum Gasteiger partial charge on any atom is 0.248 e. The van der Waals surface area contributed by atoms with Gasteiger partial charge in [-0.2, -0.15) is 4.80 Å². The van der Waals surface area contributed by atoms with Crippen LogP contribution in [0.1, 0.15) is 13.0 Å². The van der Waals surface area contributed by atoms with Crippen LogP contribution in [-0.2, 0) is 4.79 Å². The molecule has 1 amide bonds. The molecule has 0 aliphatic heterocycles. The van der Waals surface area contributed by atoms with Gasteiger partial charge >= 0.3 is 0 Å². The van der Waals surface area contributed by atoms with Crippen LogP contribution in [0.4, 0.5) is 0 Å². The highest BCUT2D eigenvalue weighted by Crippen LogP contribution is 2.14. The number of likely N-dealkylation sites (N-methyl/N-ethyl adjacent to an activating group) is 2. The summed E-state index contributed by atoms with van der Waals surface area (Å²) in [5.41, 5.74) is 0.881. The van der Waals surface area contributed by atoms with Gasteiger partial charge in [0, 0.05) is 25.7 Å². The van der Waals surface area contributed by atoms with Gasteiger partial charge in [0.05, 0.1) is 0 Å². The van der Waals surface area contributed by atoms with E-state index in [1.165, 1.54) is 4.80 Å². The van der Waals surface area contributed by atoms with E-state index < -0.39 is 6.04 Å². The number of halogens is 1. The van der Waals surface area contributed by atoms with Crippen molar-refractivity contribution in [2.75, 3.05) is 27.2 Å². The molecule has 0 saturated carbocycles. The minimum Gasteiger partial charge on any atom is -0.343 e. The Morgan fingerprint density at radius 3 is 2.68 bits per heavy atom. The van der Waals surface area contributed by atoms with Crippen molar-refractivity contribution in [1.29, 1.82) is 0 Å². The molecule has 1 atom stereocenters. The predicted molar refractivity (Wildman–Crippen MR) is 86.8 cm³/mol. The number of amides is 1. The van der Waals surface area contributed by atoms with E-state index in [0.717, 1.165) is 12.1 Å². The molecule has 0 aliphatic rings. The summed E-state index contributed by atoms with van der Waals surface area (Å²) in [5, 5.41) is 15.3. The van der Waals surface area contributed by atoms with Gasteiger partial charge in [-0.25, -0.2) is 0 Å². The highest BCUT2D eigenvalue weighted by molar-refractivity contribution is 5.85. The van der Waals surface area contributed by atoms with Crippen LogP contribution in [0.3, 0.4) is 0 Å². The summed E-state index contributed by atoms with van der Waals surface area (Å²) in [6.07, 6.45) is 0. The van der Waals surface area contributed by atoms with E-state index in [0.29, 0.717) is 12.4 Å². The number of carbonyl (C=O) groups excluding carboxylic acids is 1. The first kappa shape index (κ1) is 18.1. The van der Waals surface area contributed by atoms with Crippen molar-refractivity contribution in [3.05, 3.63) is 30.3 Å². The minimum atomic E-state index is -0.475. The number of nitrogens with zero attached hydrogens (tertiary/aromatic N) is 5. The van der Waals surface area contributed by atoms with E-state index in [9.17, 15) is 4.79 Å². The smallest absolute Gasteiger partial charge is 0.248 e. The molecule has 0 bridgehead atoms. The molecule has 120 valence electrons. The van der Waals surface area contributed by atoms with Crippen LogP contribution < -0.4 is 5.32 Å². The number of benzene rings is 1. The van der Waals surface area contributed by atoms with Crippen molar-refractivity contribution in [3.63, 3.8) is 0 Å². The van der Waals surface area contributed by atoms with Crippen molar-refractivity contribution in [3.8, 4) is 11.4 Å². The average molecular weight is 325 g/mol. The van der Waals surface area contributed by atoms with Crippen molar-refractivity contribution in [2.45, 2.75) is 13.0 Å². The molecule has 2 rings (SSSR count). The Kier molecular flexibility index (Phi) is 6.94. The second kappa shape index (κ2) is 8.45. The Morgan fingerprint density at radius 1 is 1.36 bits per heavy atom. The number of rotatable bonds is 6. The average Bonchev–Trinajstić information content (AvgIpc) is 3.02. The van der Waals surface area contributed by atoms with Gasteiger partial charge in [0.15, 0.2) is 0 Å². The van der Waals surface area contributed by atoms with E-state index >= 15 is 0 Å². The Labute approximate surface area is 136 Å². The molecular formula is C14H21ClN6O. The molecule has 1 unspecified atom stereocenters. The van der Waals surface area contributed by atoms with Gasteiger partial charge < -0.3 is 10.2 Å². The SMILES string of the molecule is CNCCN(C)C(=O)C(C)n1nnc(-c2ccccc2)n1.Cl. The molecule has 1 heterocycles. The molecule has 0 radical (unpaired) electrons. The molecule has 8 heteroatoms. The zero-order chi connectivity index (χ0) is 15.2. The third-order valence-corrected chi connectivity index (χ3v) is 3.24. The third-order valence-electron chi connectivity index (χ3n) is 3.24. The fourth-order valence-electron chi connectivity index (χ4n) is 1.90. The second-order valence-corrected chi connectivity index (χ2v) is 4.84. The van der Waals surface area contributed by atoms with Gasteiger partial charge in [-0.3, -0.25) is 4.79 Å². The summed E-state index contributed by atoms with van der Waals surface area (Å²) in [4.78, 5) is 15.3. The van der Waals surface area contributed by atoms with Crippen LogP contribution in [0.15, 0.2) is 30.3 Å². The lowest BCUT2D eigenvalue weighted by Crippen LogP contribution is -2.37. The quantitative estimate of drug-likeness (QED) is 0.858. The molecule has 7 nitrogen and oxygen atoms in total. The molecule has 22 heavy (non-hydrogen) atoms. The van der Waals surface area contributed by atoms with E-state index in [-0.39, 0.29) is 18.3 Å². The van der Waals surface area contributed by atoms with Gasteiger partial charge in [0.2, 0.25) is 11.7 Å². The first-order valence-electron chi connectivity index (χ1n) is 6.88. The number of hydrogen-bond donors (Lipinski definition) is 1. The fourth-order valence-corrected chi connectivity index (χ4v) is 1.90. The third kappa shape index (κ3) is 4.25. The van der Waals surface area contributed by atoms with E-state index in [2.05, 4.69) is 20.7 Å². The van der Waals surface area contributed by atoms with Gasteiger partial charge in [0.25, 0.3) is 0 Å². The Bertz CT molecular complexity index is 588. The molecule has 0 aliphatic carbocycles. The molecule has 1 aromatic heterocycles. The highest BCUT2D eigenvalue weighted by atomic mass is 35.5. The first-order chi connectivity index (χ1) is 10.1. The number of aromatic nitrogens is 4. The Balaban J connectivity index is 0.00000242. The van der Waals surface area contributed by atoms with Crippen LogP contribution in [0.25, 0.3) is 11.4 Å². The van der Waals surface area contributed by atoms with Crippen molar-refractivity contribution in [2.24, 2.45) is 0 Å². The van der Waals surface area contributed by atoms with Crippen LogP contribution in [0.5, 0.6) is 0 Å². The maximum absolute atomic E-state index is 12.3. The summed E-state index contributed by atoms with van der Waals surface area (Å²) < 4.78 is 0. The van der Waals surface area contributed by atoms with Crippen LogP contribution in [0.2, 0.25) is 0 Å². The van der Waals surface area contributed by atoms with Crippen LogP contribution >= 0.6 is 12.4 Å². The summed E-state index contributed by atoms with van der Waals surface area (Å²) in [5.74, 6) is 0.482. The van der Waals surface area contributed by atoms with Crippen LogP contribution in [-0.4, -0.2) is 58.2 Å². The molecule has 0 spiro atoms. The van der Waals surface area contributed by atoms with Crippen molar-refractivity contribution in [1.82, 2.24) is 30.4 Å². The fraction of sp³-hybridized carbons (Fsp3) is 0.429. The summed E-state index contributed by atoms with van der Waals surface area (Å²) in [7, 11) is 3.62. The van der Waals surface area contributed by atoms with E-state index in [1.54, 1.807) is 18.9 Å². The van der Waals surface area contributed by atoms with Crippen LogP contribution in [0, 0.1) is 0 Å². The molecule has 1 aromatic carbocycles. The number of carbonyl (C=O) groups is 1. The maximum atomic E-state index is 12.3. The van der Waals surface area contributed by atoms with Crippen molar-refractivity contribution < 1.29 is 4.79 Å². The highest BCUT2D eigenvalue weighted by Gasteiger charge is 2.21. The summed E-state index contributed by atoms with van der Waals surface area (Å²) >= 11 is 0.